The minimum atomic E-state index is -1.03. The van der Waals surface area contributed by atoms with Crippen LogP contribution in [0.25, 0.3) is 17.0 Å². The molecule has 0 spiro atoms. The first-order chi connectivity index (χ1) is 9.15. The van der Waals surface area contributed by atoms with Crippen LogP contribution in [0.2, 0.25) is 0 Å². The first-order valence-corrected chi connectivity index (χ1v) is 5.37. The molecule has 19 heavy (non-hydrogen) atoms. The SMILES string of the molecule is O=C(O)c1ccc2nnc(-c3cncc(O)c3)n2c1. The Kier molecular flexibility index (Phi) is 2.38. The van der Waals surface area contributed by atoms with Crippen LogP contribution in [0.5, 0.6) is 5.75 Å². The maximum absolute atomic E-state index is 11.0. The lowest BCUT2D eigenvalue weighted by atomic mass is 10.2. The summed E-state index contributed by atoms with van der Waals surface area (Å²) >= 11 is 0. The zero-order chi connectivity index (χ0) is 13.4. The molecular weight excluding hydrogens is 248 g/mol. The molecule has 0 aliphatic rings. The van der Waals surface area contributed by atoms with Crippen molar-refractivity contribution in [2.45, 2.75) is 0 Å². The summed E-state index contributed by atoms with van der Waals surface area (Å²) in [5.74, 6) is -0.610. The Morgan fingerprint density at radius 3 is 2.79 bits per heavy atom. The fraction of sp³-hybridized carbons (Fsp3) is 0. The molecule has 0 radical (unpaired) electrons. The Bertz CT molecular complexity index is 781. The standard InChI is InChI=1S/C12H8N4O3/c17-9-3-8(4-13-5-9)11-15-14-10-2-1-7(12(18)19)6-16(10)11/h1-6,17H,(H,18,19). The maximum atomic E-state index is 11.0. The highest BCUT2D eigenvalue weighted by Gasteiger charge is 2.11. The van der Waals surface area contributed by atoms with Gasteiger partial charge in [0.05, 0.1) is 11.8 Å². The summed E-state index contributed by atoms with van der Waals surface area (Å²) in [5.41, 5.74) is 1.19. The van der Waals surface area contributed by atoms with Gasteiger partial charge in [0.15, 0.2) is 11.5 Å². The van der Waals surface area contributed by atoms with E-state index < -0.39 is 5.97 Å². The van der Waals surface area contributed by atoms with E-state index in [1.807, 2.05) is 0 Å². The lowest BCUT2D eigenvalue weighted by Gasteiger charge is -2.01. The number of rotatable bonds is 2. The van der Waals surface area contributed by atoms with Crippen molar-refractivity contribution in [1.29, 1.82) is 0 Å². The Hall–Kier alpha value is -2.96. The fourth-order valence-corrected chi connectivity index (χ4v) is 1.76. The van der Waals surface area contributed by atoms with Gasteiger partial charge in [-0.3, -0.25) is 9.38 Å². The molecule has 3 aromatic heterocycles. The molecular formula is C12H8N4O3. The zero-order valence-corrected chi connectivity index (χ0v) is 9.56. The first kappa shape index (κ1) is 11.1. The predicted molar refractivity (Wildman–Crippen MR) is 64.8 cm³/mol. The van der Waals surface area contributed by atoms with E-state index >= 15 is 0 Å². The molecule has 7 nitrogen and oxygen atoms in total. The Labute approximate surface area is 106 Å². The smallest absolute Gasteiger partial charge is 0.337 e. The third kappa shape index (κ3) is 1.86. The fourth-order valence-electron chi connectivity index (χ4n) is 1.76. The van der Waals surface area contributed by atoms with Gasteiger partial charge >= 0.3 is 5.97 Å². The van der Waals surface area contributed by atoms with Crippen LogP contribution in [0, 0.1) is 0 Å². The number of carboxylic acids is 1. The third-order valence-corrected chi connectivity index (χ3v) is 2.63. The van der Waals surface area contributed by atoms with Crippen LogP contribution in [0.15, 0.2) is 36.8 Å². The average molecular weight is 256 g/mol. The second kappa shape index (κ2) is 4.05. The molecule has 3 heterocycles. The lowest BCUT2D eigenvalue weighted by molar-refractivity contribution is 0.0696. The number of hydrogen-bond donors (Lipinski definition) is 2. The van der Waals surface area contributed by atoms with E-state index in [2.05, 4.69) is 15.2 Å². The van der Waals surface area contributed by atoms with Gasteiger partial charge in [0.2, 0.25) is 0 Å². The quantitative estimate of drug-likeness (QED) is 0.714. The molecule has 0 aliphatic heterocycles. The highest BCUT2D eigenvalue weighted by molar-refractivity contribution is 5.87. The summed E-state index contributed by atoms with van der Waals surface area (Å²) in [5, 5.41) is 26.3. The predicted octanol–water partition coefficient (Wildman–Crippen LogP) is 1.20. The molecule has 0 bridgehead atoms. The summed E-state index contributed by atoms with van der Waals surface area (Å²) in [6.45, 7) is 0. The van der Waals surface area contributed by atoms with Crippen molar-refractivity contribution in [2.24, 2.45) is 0 Å². The van der Waals surface area contributed by atoms with Gasteiger partial charge in [-0.25, -0.2) is 4.79 Å². The van der Waals surface area contributed by atoms with E-state index in [4.69, 9.17) is 5.11 Å². The molecule has 2 N–H and O–H groups in total. The second-order valence-corrected chi connectivity index (χ2v) is 3.91. The van der Waals surface area contributed by atoms with Gasteiger partial charge in [-0.05, 0) is 18.2 Å². The molecule has 0 aliphatic carbocycles. The van der Waals surface area contributed by atoms with Crippen LogP contribution in [0.1, 0.15) is 10.4 Å². The van der Waals surface area contributed by atoms with Gasteiger partial charge in [0.1, 0.15) is 5.75 Å². The summed E-state index contributed by atoms with van der Waals surface area (Å²) in [7, 11) is 0. The normalized spacial score (nSPS) is 10.7. The van der Waals surface area contributed by atoms with Crippen LogP contribution in [0.3, 0.4) is 0 Å². The second-order valence-electron chi connectivity index (χ2n) is 3.91. The molecule has 7 heteroatoms. The lowest BCUT2D eigenvalue weighted by Crippen LogP contribution is -1.99. The monoisotopic (exact) mass is 256 g/mol. The Balaban J connectivity index is 2.24. The summed E-state index contributed by atoms with van der Waals surface area (Å²) < 4.78 is 1.54. The van der Waals surface area contributed by atoms with Crippen molar-refractivity contribution in [3.05, 3.63) is 42.4 Å². The van der Waals surface area contributed by atoms with E-state index in [0.29, 0.717) is 17.0 Å². The molecule has 0 unspecified atom stereocenters. The number of carbonyl (C=O) groups is 1. The molecule has 0 aromatic carbocycles. The summed E-state index contributed by atoms with van der Waals surface area (Å²) in [6, 6.07) is 4.50. The molecule has 0 fully saturated rings. The van der Waals surface area contributed by atoms with Gasteiger partial charge in [0, 0.05) is 18.0 Å². The van der Waals surface area contributed by atoms with Gasteiger partial charge in [-0.2, -0.15) is 0 Å². The van der Waals surface area contributed by atoms with Crippen molar-refractivity contribution >= 4 is 11.6 Å². The number of pyridine rings is 2. The molecule has 0 atom stereocenters. The van der Waals surface area contributed by atoms with E-state index in [0.717, 1.165) is 0 Å². The van der Waals surface area contributed by atoms with Crippen molar-refractivity contribution in [3.63, 3.8) is 0 Å². The number of hydrogen-bond acceptors (Lipinski definition) is 5. The van der Waals surface area contributed by atoms with Crippen molar-refractivity contribution in [1.82, 2.24) is 19.6 Å². The summed E-state index contributed by atoms with van der Waals surface area (Å²) in [4.78, 5) is 14.8. The average Bonchev–Trinajstić information content (AvgIpc) is 2.81. The minimum Gasteiger partial charge on any atom is -0.506 e. The third-order valence-electron chi connectivity index (χ3n) is 2.63. The van der Waals surface area contributed by atoms with Crippen molar-refractivity contribution in [2.75, 3.05) is 0 Å². The topological polar surface area (TPSA) is 101 Å². The largest absolute Gasteiger partial charge is 0.506 e. The molecule has 3 rings (SSSR count). The van der Waals surface area contributed by atoms with E-state index in [1.54, 1.807) is 10.5 Å². The number of aromatic nitrogens is 4. The molecule has 0 saturated carbocycles. The van der Waals surface area contributed by atoms with Gasteiger partial charge < -0.3 is 10.2 Å². The number of carboxylic acid groups (broad SMARTS) is 1. The first-order valence-electron chi connectivity index (χ1n) is 5.37. The molecule has 0 amide bonds. The zero-order valence-electron chi connectivity index (χ0n) is 9.56. The number of aromatic carboxylic acids is 1. The van der Waals surface area contributed by atoms with Crippen LogP contribution in [0.4, 0.5) is 0 Å². The van der Waals surface area contributed by atoms with E-state index in [9.17, 15) is 9.90 Å². The maximum Gasteiger partial charge on any atom is 0.337 e. The Morgan fingerprint density at radius 1 is 1.21 bits per heavy atom. The van der Waals surface area contributed by atoms with Gasteiger partial charge in [-0.15, -0.1) is 10.2 Å². The molecule has 3 aromatic rings. The molecule has 94 valence electrons. The molecule has 0 saturated heterocycles. The highest BCUT2D eigenvalue weighted by atomic mass is 16.4. The van der Waals surface area contributed by atoms with Crippen molar-refractivity contribution in [3.8, 4) is 17.1 Å². The van der Waals surface area contributed by atoms with Gasteiger partial charge in [-0.1, -0.05) is 0 Å². The van der Waals surface area contributed by atoms with Crippen molar-refractivity contribution < 1.29 is 15.0 Å². The number of aromatic hydroxyl groups is 1. The number of nitrogens with zero attached hydrogens (tertiary/aromatic N) is 4. The van der Waals surface area contributed by atoms with Gasteiger partial charge in [0.25, 0.3) is 0 Å². The Morgan fingerprint density at radius 2 is 2.05 bits per heavy atom. The van der Waals surface area contributed by atoms with E-state index in [-0.39, 0.29) is 11.3 Å². The van der Waals surface area contributed by atoms with Crippen LogP contribution < -0.4 is 0 Å². The minimum absolute atomic E-state index is 0.00337. The van der Waals surface area contributed by atoms with E-state index in [1.165, 1.54) is 30.7 Å². The van der Waals surface area contributed by atoms with Crippen LogP contribution in [-0.2, 0) is 0 Å². The summed E-state index contributed by atoms with van der Waals surface area (Å²) in [6.07, 6.45) is 4.25. The van der Waals surface area contributed by atoms with Crippen LogP contribution in [-0.4, -0.2) is 35.8 Å². The highest BCUT2D eigenvalue weighted by Crippen LogP contribution is 2.21. The number of fused-ring (bicyclic) bond motifs is 1. The van der Waals surface area contributed by atoms with Crippen LogP contribution >= 0.6 is 0 Å².